The van der Waals surface area contributed by atoms with Gasteiger partial charge >= 0.3 is 0 Å². The van der Waals surface area contributed by atoms with Crippen LogP contribution in [0.1, 0.15) is 6.42 Å². The average molecular weight is 286 g/mol. The zero-order valence-corrected chi connectivity index (χ0v) is 11.9. The van der Waals surface area contributed by atoms with Crippen molar-refractivity contribution in [1.82, 2.24) is 0 Å². The highest BCUT2D eigenvalue weighted by Crippen LogP contribution is 2.36. The summed E-state index contributed by atoms with van der Waals surface area (Å²) in [6.07, 6.45) is 0.846. The maximum atomic E-state index is 6.09. The average Bonchev–Trinajstić information content (AvgIpc) is 2.46. The molecule has 0 aliphatic rings. The summed E-state index contributed by atoms with van der Waals surface area (Å²) in [5.74, 6) is 0.920. The summed E-state index contributed by atoms with van der Waals surface area (Å²) in [4.78, 5) is 0. The Kier molecular flexibility index (Phi) is 3.77. The van der Waals surface area contributed by atoms with Gasteiger partial charge in [0.15, 0.2) is 0 Å². The van der Waals surface area contributed by atoms with Crippen molar-refractivity contribution < 1.29 is 4.74 Å². The Labute approximate surface area is 123 Å². The summed E-state index contributed by atoms with van der Waals surface area (Å²) in [7, 11) is 0. The smallest absolute Gasteiger partial charge is 0.134 e. The van der Waals surface area contributed by atoms with Crippen molar-refractivity contribution >= 4 is 33.1 Å². The van der Waals surface area contributed by atoms with Gasteiger partial charge in [-0.15, -0.1) is 0 Å². The lowest BCUT2D eigenvalue weighted by Gasteiger charge is -2.13. The molecule has 0 bridgehead atoms. The van der Waals surface area contributed by atoms with E-state index in [-0.39, 0.29) is 0 Å². The topological polar surface area (TPSA) is 35.2 Å². The standard InChI is InChI=1S/C17H16ClNO/c18-14-6-7-16-13(11-14)10-12-4-1-2-5-15(12)17(16)20-9-3-8-19/h1-2,4-7,10-11H,3,8-9,19H2. The molecule has 0 unspecified atom stereocenters. The minimum absolute atomic E-state index is 0.627. The Hall–Kier alpha value is -1.77. The Morgan fingerprint density at radius 2 is 1.75 bits per heavy atom. The highest BCUT2D eigenvalue weighted by atomic mass is 35.5. The van der Waals surface area contributed by atoms with Crippen LogP contribution in [0.15, 0.2) is 48.5 Å². The first-order valence-electron chi connectivity index (χ1n) is 6.73. The van der Waals surface area contributed by atoms with Crippen LogP contribution in [0.3, 0.4) is 0 Å². The summed E-state index contributed by atoms with van der Waals surface area (Å²) >= 11 is 6.09. The fourth-order valence-corrected chi connectivity index (χ4v) is 2.60. The van der Waals surface area contributed by atoms with E-state index in [1.54, 1.807) is 0 Å². The van der Waals surface area contributed by atoms with Gasteiger partial charge in [-0.25, -0.2) is 0 Å². The summed E-state index contributed by atoms with van der Waals surface area (Å²) in [5.41, 5.74) is 5.54. The molecular weight excluding hydrogens is 270 g/mol. The molecule has 0 aromatic heterocycles. The second-order valence-electron chi connectivity index (χ2n) is 4.78. The molecule has 0 aliphatic carbocycles. The normalized spacial score (nSPS) is 11.1. The number of fused-ring (bicyclic) bond motifs is 2. The predicted octanol–water partition coefficient (Wildman–Crippen LogP) is 4.37. The van der Waals surface area contributed by atoms with E-state index in [0.717, 1.165) is 38.7 Å². The number of benzene rings is 3. The summed E-state index contributed by atoms with van der Waals surface area (Å²) in [5, 5.41) is 5.20. The molecule has 2 nitrogen and oxygen atoms in total. The van der Waals surface area contributed by atoms with Crippen LogP contribution in [0.5, 0.6) is 5.75 Å². The molecule has 0 fully saturated rings. The van der Waals surface area contributed by atoms with Crippen LogP contribution >= 0.6 is 11.6 Å². The first kappa shape index (κ1) is 13.2. The molecule has 0 aliphatic heterocycles. The molecule has 0 amide bonds. The van der Waals surface area contributed by atoms with E-state index in [9.17, 15) is 0 Å². The zero-order valence-electron chi connectivity index (χ0n) is 11.1. The van der Waals surface area contributed by atoms with E-state index in [1.807, 2.05) is 30.3 Å². The SMILES string of the molecule is NCCCOc1c2ccccc2cc2cc(Cl)ccc12. The molecule has 0 saturated carbocycles. The molecule has 3 aromatic rings. The van der Waals surface area contributed by atoms with Gasteiger partial charge in [0.2, 0.25) is 0 Å². The van der Waals surface area contributed by atoms with Gasteiger partial charge in [-0.1, -0.05) is 35.9 Å². The molecule has 3 heteroatoms. The number of ether oxygens (including phenoxy) is 1. The van der Waals surface area contributed by atoms with Gasteiger partial charge in [0.25, 0.3) is 0 Å². The van der Waals surface area contributed by atoms with Crippen LogP contribution in [0, 0.1) is 0 Å². The molecule has 0 atom stereocenters. The maximum Gasteiger partial charge on any atom is 0.134 e. The molecule has 0 spiro atoms. The van der Waals surface area contributed by atoms with Crippen molar-refractivity contribution in [3.63, 3.8) is 0 Å². The monoisotopic (exact) mass is 285 g/mol. The molecule has 2 N–H and O–H groups in total. The van der Waals surface area contributed by atoms with E-state index in [4.69, 9.17) is 22.1 Å². The van der Waals surface area contributed by atoms with Crippen molar-refractivity contribution in [2.45, 2.75) is 6.42 Å². The second-order valence-corrected chi connectivity index (χ2v) is 5.22. The van der Waals surface area contributed by atoms with E-state index in [2.05, 4.69) is 18.2 Å². The van der Waals surface area contributed by atoms with Crippen molar-refractivity contribution in [3.05, 3.63) is 53.6 Å². The first-order chi connectivity index (χ1) is 9.79. The highest BCUT2D eigenvalue weighted by Gasteiger charge is 2.09. The van der Waals surface area contributed by atoms with Crippen molar-refractivity contribution in [1.29, 1.82) is 0 Å². The lowest BCUT2D eigenvalue weighted by molar-refractivity contribution is 0.320. The lowest BCUT2D eigenvalue weighted by atomic mass is 10.0. The van der Waals surface area contributed by atoms with E-state index >= 15 is 0 Å². The maximum absolute atomic E-state index is 6.09. The minimum Gasteiger partial charge on any atom is -0.492 e. The molecule has 3 rings (SSSR count). The summed E-state index contributed by atoms with van der Waals surface area (Å²) < 4.78 is 5.99. The van der Waals surface area contributed by atoms with Crippen LogP contribution in [0.25, 0.3) is 21.5 Å². The van der Waals surface area contributed by atoms with E-state index in [1.165, 1.54) is 0 Å². The first-order valence-corrected chi connectivity index (χ1v) is 7.11. The van der Waals surface area contributed by atoms with Gasteiger partial charge < -0.3 is 10.5 Å². The molecule has 0 radical (unpaired) electrons. The van der Waals surface area contributed by atoms with Gasteiger partial charge in [-0.2, -0.15) is 0 Å². The van der Waals surface area contributed by atoms with Crippen molar-refractivity contribution in [2.75, 3.05) is 13.2 Å². The lowest BCUT2D eigenvalue weighted by Crippen LogP contribution is -2.06. The van der Waals surface area contributed by atoms with Crippen LogP contribution in [0.2, 0.25) is 5.02 Å². The third-order valence-corrected chi connectivity index (χ3v) is 3.60. The fraction of sp³-hybridized carbons (Fsp3) is 0.176. The fourth-order valence-electron chi connectivity index (χ4n) is 2.42. The summed E-state index contributed by atoms with van der Waals surface area (Å²) in [6.45, 7) is 1.26. The third-order valence-electron chi connectivity index (χ3n) is 3.37. The van der Waals surface area contributed by atoms with E-state index < -0.39 is 0 Å². The minimum atomic E-state index is 0.627. The largest absolute Gasteiger partial charge is 0.492 e. The number of hydrogen-bond acceptors (Lipinski definition) is 2. The predicted molar refractivity (Wildman–Crippen MR) is 85.6 cm³/mol. The van der Waals surface area contributed by atoms with Crippen molar-refractivity contribution in [3.8, 4) is 5.75 Å². The second kappa shape index (κ2) is 5.70. The van der Waals surface area contributed by atoms with Crippen LogP contribution in [0.4, 0.5) is 0 Å². The molecule has 0 saturated heterocycles. The van der Waals surface area contributed by atoms with E-state index in [0.29, 0.717) is 13.2 Å². The van der Waals surface area contributed by atoms with Gasteiger partial charge in [-0.3, -0.25) is 0 Å². The van der Waals surface area contributed by atoms with Gasteiger partial charge in [0, 0.05) is 15.8 Å². The zero-order chi connectivity index (χ0) is 13.9. The molecule has 102 valence electrons. The molecule has 20 heavy (non-hydrogen) atoms. The number of halogens is 1. The quantitative estimate of drug-likeness (QED) is 0.570. The number of rotatable bonds is 4. The Morgan fingerprint density at radius 1 is 0.950 bits per heavy atom. The highest BCUT2D eigenvalue weighted by molar-refractivity contribution is 6.31. The molecule has 0 heterocycles. The third kappa shape index (κ3) is 2.45. The molecule has 3 aromatic carbocycles. The Morgan fingerprint density at radius 3 is 2.60 bits per heavy atom. The van der Waals surface area contributed by atoms with Gasteiger partial charge in [0.1, 0.15) is 5.75 Å². The molecular formula is C17H16ClNO. The van der Waals surface area contributed by atoms with Gasteiger partial charge in [0.05, 0.1) is 6.61 Å². The Balaban J connectivity index is 2.23. The number of hydrogen-bond donors (Lipinski definition) is 1. The van der Waals surface area contributed by atoms with Crippen molar-refractivity contribution in [2.24, 2.45) is 5.73 Å². The Bertz CT molecular complexity index is 754. The van der Waals surface area contributed by atoms with Crippen LogP contribution in [-0.4, -0.2) is 13.2 Å². The summed E-state index contributed by atoms with van der Waals surface area (Å²) in [6, 6.07) is 16.3. The van der Waals surface area contributed by atoms with Crippen LogP contribution < -0.4 is 10.5 Å². The van der Waals surface area contributed by atoms with Crippen LogP contribution in [-0.2, 0) is 0 Å². The van der Waals surface area contributed by atoms with Gasteiger partial charge in [-0.05, 0) is 48.0 Å². The number of nitrogens with two attached hydrogens (primary N) is 1.